The molecule has 1 fully saturated rings. The van der Waals surface area contributed by atoms with E-state index in [4.69, 9.17) is 5.11 Å². The van der Waals surface area contributed by atoms with Crippen LogP contribution in [0.15, 0.2) is 24.3 Å². The van der Waals surface area contributed by atoms with Crippen LogP contribution in [-0.2, 0) is 9.84 Å². The Hall–Kier alpha value is -0.940. The molecular weight excluding hydrogens is 231 g/mol. The first-order valence-electron chi connectivity index (χ1n) is 5.00. The largest absolute Gasteiger partial charge is 0.396 e. The molecule has 0 bridgehead atoms. The van der Waals surface area contributed by atoms with Crippen molar-refractivity contribution in [3.8, 4) is 0 Å². The number of halogens is 1. The molecule has 16 heavy (non-hydrogen) atoms. The van der Waals surface area contributed by atoms with Crippen LogP contribution < -0.4 is 0 Å². The summed E-state index contributed by atoms with van der Waals surface area (Å²) in [5.41, 5.74) is 0.774. The van der Waals surface area contributed by atoms with Crippen molar-refractivity contribution in [3.63, 3.8) is 0 Å². The second-order valence-electron chi connectivity index (χ2n) is 4.22. The first-order valence-corrected chi connectivity index (χ1v) is 6.96. The number of rotatable bonds is 3. The van der Waals surface area contributed by atoms with Crippen molar-refractivity contribution in [2.24, 2.45) is 5.92 Å². The van der Waals surface area contributed by atoms with Gasteiger partial charge in [-0.2, -0.15) is 0 Å². The fourth-order valence-corrected chi connectivity index (χ4v) is 3.96. The highest BCUT2D eigenvalue weighted by Gasteiger charge is 2.56. The quantitative estimate of drug-likeness (QED) is 0.861. The van der Waals surface area contributed by atoms with Crippen LogP contribution in [-0.4, -0.2) is 31.6 Å². The Kier molecular flexibility index (Phi) is 2.75. The molecule has 1 aliphatic rings. The highest BCUT2D eigenvalue weighted by molar-refractivity contribution is 7.91. The van der Waals surface area contributed by atoms with E-state index >= 15 is 0 Å². The average molecular weight is 244 g/mol. The predicted molar refractivity (Wildman–Crippen MR) is 58.3 cm³/mol. The molecule has 3 nitrogen and oxygen atoms in total. The van der Waals surface area contributed by atoms with Gasteiger partial charge in [-0.15, -0.1) is 0 Å². The normalized spacial score (nSPS) is 29.1. The van der Waals surface area contributed by atoms with E-state index in [1.807, 2.05) is 0 Å². The van der Waals surface area contributed by atoms with Crippen LogP contribution in [0.25, 0.3) is 0 Å². The fourth-order valence-electron chi connectivity index (χ4n) is 2.27. The number of sulfone groups is 1. The maximum Gasteiger partial charge on any atom is 0.151 e. The molecule has 0 unspecified atom stereocenters. The van der Waals surface area contributed by atoms with Crippen LogP contribution >= 0.6 is 0 Å². The monoisotopic (exact) mass is 244 g/mol. The van der Waals surface area contributed by atoms with E-state index < -0.39 is 15.1 Å². The van der Waals surface area contributed by atoms with Crippen molar-refractivity contribution in [1.82, 2.24) is 0 Å². The van der Waals surface area contributed by atoms with Gasteiger partial charge in [0.2, 0.25) is 0 Å². The van der Waals surface area contributed by atoms with Crippen LogP contribution in [0.2, 0.25) is 0 Å². The number of aliphatic hydroxyl groups is 1. The summed E-state index contributed by atoms with van der Waals surface area (Å²) in [4.78, 5) is 0. The van der Waals surface area contributed by atoms with Crippen molar-refractivity contribution in [2.45, 2.75) is 11.2 Å². The lowest BCUT2D eigenvalue weighted by Crippen LogP contribution is -2.08. The summed E-state index contributed by atoms with van der Waals surface area (Å²) in [6.07, 6.45) is 1.17. The van der Waals surface area contributed by atoms with Gasteiger partial charge in [0.25, 0.3) is 0 Å². The van der Waals surface area contributed by atoms with Crippen molar-refractivity contribution in [2.75, 3.05) is 12.9 Å². The summed E-state index contributed by atoms with van der Waals surface area (Å²) in [6, 6.07) is 5.77. The van der Waals surface area contributed by atoms with Gasteiger partial charge in [-0.1, -0.05) is 12.1 Å². The third-order valence-electron chi connectivity index (χ3n) is 3.06. The molecule has 0 aromatic heterocycles. The summed E-state index contributed by atoms with van der Waals surface area (Å²) in [5, 5.41) is 8.56. The highest BCUT2D eigenvalue weighted by atomic mass is 32.2. The van der Waals surface area contributed by atoms with E-state index in [1.54, 1.807) is 12.1 Å². The Morgan fingerprint density at radius 1 is 1.31 bits per heavy atom. The standard InChI is InChI=1S/C11H13FO3S/c1-16(14,15)11-9(6-13)10(11)7-2-4-8(12)5-3-7/h2-5,9-11,13H,6H2,1H3/t9-,10+,11-/m1/s1. The van der Waals surface area contributed by atoms with E-state index in [2.05, 4.69) is 0 Å². The van der Waals surface area contributed by atoms with Crippen LogP contribution in [0.4, 0.5) is 4.39 Å². The number of hydrogen-bond acceptors (Lipinski definition) is 3. The lowest BCUT2D eigenvalue weighted by atomic mass is 10.1. The lowest BCUT2D eigenvalue weighted by molar-refractivity contribution is 0.274. The minimum atomic E-state index is -3.15. The third-order valence-corrected chi connectivity index (χ3v) is 4.69. The molecule has 0 radical (unpaired) electrons. The van der Waals surface area contributed by atoms with Gasteiger partial charge in [0, 0.05) is 24.7 Å². The summed E-state index contributed by atoms with van der Waals surface area (Å²) in [5.74, 6) is -0.790. The molecule has 1 aromatic carbocycles. The van der Waals surface area contributed by atoms with Gasteiger partial charge in [0.1, 0.15) is 5.82 Å². The fraction of sp³-hybridized carbons (Fsp3) is 0.455. The minimum Gasteiger partial charge on any atom is -0.396 e. The zero-order chi connectivity index (χ0) is 11.9. The van der Waals surface area contributed by atoms with Crippen molar-refractivity contribution in [3.05, 3.63) is 35.6 Å². The Balaban J connectivity index is 2.27. The Labute approximate surface area is 93.8 Å². The van der Waals surface area contributed by atoms with Gasteiger partial charge >= 0.3 is 0 Å². The number of aliphatic hydroxyl groups excluding tert-OH is 1. The van der Waals surface area contributed by atoms with E-state index in [-0.39, 0.29) is 24.3 Å². The summed E-state index contributed by atoms with van der Waals surface area (Å²) >= 11 is 0. The van der Waals surface area contributed by atoms with Crippen molar-refractivity contribution >= 4 is 9.84 Å². The van der Waals surface area contributed by atoms with E-state index in [9.17, 15) is 12.8 Å². The van der Waals surface area contributed by atoms with Crippen molar-refractivity contribution in [1.29, 1.82) is 0 Å². The maximum atomic E-state index is 12.7. The Morgan fingerprint density at radius 3 is 2.25 bits per heavy atom. The SMILES string of the molecule is CS(=O)(=O)[C@@H]1[C@H](CO)[C@@H]1c1ccc(F)cc1. The first kappa shape index (κ1) is 11.5. The van der Waals surface area contributed by atoms with Crippen LogP contribution in [0.5, 0.6) is 0 Å². The van der Waals surface area contributed by atoms with Gasteiger partial charge < -0.3 is 5.11 Å². The van der Waals surface area contributed by atoms with Gasteiger partial charge in [0.15, 0.2) is 9.84 Å². The molecule has 1 aliphatic carbocycles. The van der Waals surface area contributed by atoms with Gasteiger partial charge in [-0.3, -0.25) is 0 Å². The minimum absolute atomic E-state index is 0.153. The second kappa shape index (κ2) is 3.82. The molecule has 1 aromatic rings. The molecule has 1 saturated carbocycles. The van der Waals surface area contributed by atoms with Gasteiger partial charge in [-0.05, 0) is 17.7 Å². The molecule has 0 aliphatic heterocycles. The first-order chi connectivity index (χ1) is 7.45. The Bertz CT molecular complexity index is 480. The molecule has 0 spiro atoms. The molecule has 2 rings (SSSR count). The molecule has 0 heterocycles. The van der Waals surface area contributed by atoms with E-state index in [0.29, 0.717) is 0 Å². The predicted octanol–water partition coefficient (Wildman–Crippen LogP) is 0.945. The van der Waals surface area contributed by atoms with E-state index in [1.165, 1.54) is 18.4 Å². The molecule has 0 saturated heterocycles. The van der Waals surface area contributed by atoms with E-state index in [0.717, 1.165) is 5.56 Å². The number of hydrogen-bond donors (Lipinski definition) is 1. The number of benzene rings is 1. The smallest absolute Gasteiger partial charge is 0.151 e. The van der Waals surface area contributed by atoms with Crippen molar-refractivity contribution < 1.29 is 17.9 Å². The van der Waals surface area contributed by atoms with Gasteiger partial charge in [-0.25, -0.2) is 12.8 Å². The molecule has 1 N–H and O–H groups in total. The maximum absolute atomic E-state index is 12.7. The molecule has 0 amide bonds. The topological polar surface area (TPSA) is 54.4 Å². The summed E-state index contributed by atoms with van der Waals surface area (Å²) in [7, 11) is -3.15. The summed E-state index contributed by atoms with van der Waals surface area (Å²) in [6.45, 7) is -0.153. The molecule has 5 heteroatoms. The zero-order valence-electron chi connectivity index (χ0n) is 8.80. The molecule has 88 valence electrons. The van der Waals surface area contributed by atoms with Crippen LogP contribution in [0.1, 0.15) is 11.5 Å². The second-order valence-corrected chi connectivity index (χ2v) is 6.42. The highest BCUT2D eigenvalue weighted by Crippen LogP contribution is 2.51. The molecule has 3 atom stereocenters. The van der Waals surface area contributed by atoms with Crippen LogP contribution in [0, 0.1) is 11.7 Å². The van der Waals surface area contributed by atoms with Gasteiger partial charge in [0.05, 0.1) is 5.25 Å². The third kappa shape index (κ3) is 1.97. The Morgan fingerprint density at radius 2 is 1.88 bits per heavy atom. The summed E-state index contributed by atoms with van der Waals surface area (Å²) < 4.78 is 35.6. The van der Waals surface area contributed by atoms with Crippen LogP contribution in [0.3, 0.4) is 0 Å². The zero-order valence-corrected chi connectivity index (χ0v) is 9.61. The molecular formula is C11H13FO3S. The average Bonchev–Trinajstić information content (AvgIpc) is 2.92. The lowest BCUT2D eigenvalue weighted by Gasteiger charge is -1.98.